The van der Waals surface area contributed by atoms with E-state index < -0.39 is 0 Å². The van der Waals surface area contributed by atoms with Gasteiger partial charge in [0.25, 0.3) is 0 Å². The molecular formula is C17H32N4. The maximum Gasteiger partial charge on any atom is 0.147 e. The molecule has 1 aromatic heterocycles. The molecule has 1 heterocycles. The van der Waals surface area contributed by atoms with Gasteiger partial charge in [-0.25, -0.2) is 4.98 Å². The van der Waals surface area contributed by atoms with Gasteiger partial charge in [-0.1, -0.05) is 19.8 Å². The molecular weight excluding hydrogens is 260 g/mol. The van der Waals surface area contributed by atoms with Gasteiger partial charge in [-0.15, -0.1) is 0 Å². The zero-order chi connectivity index (χ0) is 15.9. The maximum absolute atomic E-state index is 4.78. The Morgan fingerprint density at radius 3 is 2.48 bits per heavy atom. The van der Waals surface area contributed by atoms with Gasteiger partial charge >= 0.3 is 0 Å². The summed E-state index contributed by atoms with van der Waals surface area (Å²) in [6.07, 6.45) is 7.45. The number of hydrogen-bond donors (Lipinski definition) is 1. The minimum Gasteiger partial charge on any atom is -0.353 e. The average Bonchev–Trinajstić information content (AvgIpc) is 2.40. The molecule has 21 heavy (non-hydrogen) atoms. The predicted molar refractivity (Wildman–Crippen MR) is 90.6 cm³/mol. The Labute approximate surface area is 130 Å². The summed E-state index contributed by atoms with van der Waals surface area (Å²) in [5.74, 6) is 0.995. The fourth-order valence-corrected chi connectivity index (χ4v) is 2.14. The lowest BCUT2D eigenvalue weighted by Crippen LogP contribution is -2.36. The van der Waals surface area contributed by atoms with E-state index in [1.165, 1.54) is 19.3 Å². The summed E-state index contributed by atoms with van der Waals surface area (Å²) in [5, 5.41) is 3.46. The van der Waals surface area contributed by atoms with Crippen LogP contribution in [0.4, 0.5) is 5.82 Å². The number of anilines is 1. The summed E-state index contributed by atoms with van der Waals surface area (Å²) in [4.78, 5) is 11.5. The molecule has 120 valence electrons. The van der Waals surface area contributed by atoms with Crippen LogP contribution < -0.4 is 10.2 Å². The molecule has 1 rings (SSSR count). The van der Waals surface area contributed by atoms with Crippen molar-refractivity contribution < 1.29 is 0 Å². The van der Waals surface area contributed by atoms with Crippen molar-refractivity contribution in [3.63, 3.8) is 0 Å². The van der Waals surface area contributed by atoms with E-state index in [1.807, 2.05) is 12.4 Å². The number of nitrogens with zero attached hydrogens (tertiary/aromatic N) is 3. The van der Waals surface area contributed by atoms with Crippen LogP contribution in [0.15, 0.2) is 12.4 Å². The average molecular weight is 292 g/mol. The quantitative estimate of drug-likeness (QED) is 0.741. The van der Waals surface area contributed by atoms with Crippen molar-refractivity contribution in [2.75, 3.05) is 11.4 Å². The molecule has 0 saturated carbocycles. The van der Waals surface area contributed by atoms with Crippen molar-refractivity contribution in [2.24, 2.45) is 0 Å². The van der Waals surface area contributed by atoms with Gasteiger partial charge in [-0.2, -0.15) is 0 Å². The molecule has 0 atom stereocenters. The van der Waals surface area contributed by atoms with Gasteiger partial charge in [0.2, 0.25) is 0 Å². The van der Waals surface area contributed by atoms with Crippen LogP contribution in [0.5, 0.6) is 0 Å². The predicted octanol–water partition coefficient (Wildman–Crippen LogP) is 3.77. The monoisotopic (exact) mass is 292 g/mol. The van der Waals surface area contributed by atoms with Gasteiger partial charge < -0.3 is 10.2 Å². The van der Waals surface area contributed by atoms with E-state index in [9.17, 15) is 0 Å². The van der Waals surface area contributed by atoms with E-state index in [0.717, 1.165) is 24.6 Å². The Morgan fingerprint density at radius 1 is 1.19 bits per heavy atom. The molecule has 4 heteroatoms. The number of hydrogen-bond acceptors (Lipinski definition) is 4. The third kappa shape index (κ3) is 6.89. The highest BCUT2D eigenvalue weighted by atomic mass is 15.2. The highest BCUT2D eigenvalue weighted by molar-refractivity contribution is 5.37. The standard InChI is InChI=1S/C17H32N4/c1-7-8-9-10-21(14(2)3)16-13-18-11-15(20-16)12-19-17(4,5)6/h11,13-14,19H,7-10,12H2,1-6H3. The molecule has 0 aliphatic rings. The first-order valence-electron chi connectivity index (χ1n) is 8.16. The lowest BCUT2D eigenvalue weighted by atomic mass is 10.1. The summed E-state index contributed by atoms with van der Waals surface area (Å²) in [6.45, 7) is 15.0. The first-order valence-corrected chi connectivity index (χ1v) is 8.16. The molecule has 0 amide bonds. The normalized spacial score (nSPS) is 12.0. The Kier molecular flexibility index (Phi) is 7.09. The first kappa shape index (κ1) is 17.9. The molecule has 0 spiro atoms. The van der Waals surface area contributed by atoms with Gasteiger partial charge in [0.05, 0.1) is 11.9 Å². The first-order chi connectivity index (χ1) is 9.83. The van der Waals surface area contributed by atoms with Crippen LogP contribution in [-0.4, -0.2) is 28.1 Å². The lowest BCUT2D eigenvalue weighted by molar-refractivity contribution is 0.420. The van der Waals surface area contributed by atoms with Gasteiger partial charge in [-0.05, 0) is 41.0 Å². The van der Waals surface area contributed by atoms with Crippen molar-refractivity contribution >= 4 is 5.82 Å². The van der Waals surface area contributed by atoms with E-state index in [2.05, 4.69) is 56.7 Å². The van der Waals surface area contributed by atoms with Crippen LogP contribution in [0, 0.1) is 0 Å². The SMILES string of the molecule is CCCCCN(c1cncc(CNC(C)(C)C)n1)C(C)C. The Morgan fingerprint density at radius 2 is 1.90 bits per heavy atom. The number of aromatic nitrogens is 2. The van der Waals surface area contributed by atoms with Crippen LogP contribution in [0.3, 0.4) is 0 Å². The molecule has 0 aromatic carbocycles. The highest BCUT2D eigenvalue weighted by Gasteiger charge is 2.14. The third-order valence-electron chi connectivity index (χ3n) is 3.39. The zero-order valence-electron chi connectivity index (χ0n) is 14.6. The van der Waals surface area contributed by atoms with Crippen molar-refractivity contribution in [3.05, 3.63) is 18.1 Å². The summed E-state index contributed by atoms with van der Waals surface area (Å²) >= 11 is 0. The van der Waals surface area contributed by atoms with Gasteiger partial charge in [-0.3, -0.25) is 4.98 Å². The van der Waals surface area contributed by atoms with Crippen molar-refractivity contribution in [1.82, 2.24) is 15.3 Å². The summed E-state index contributed by atoms with van der Waals surface area (Å²) < 4.78 is 0. The molecule has 0 bridgehead atoms. The Balaban J connectivity index is 2.75. The third-order valence-corrected chi connectivity index (χ3v) is 3.39. The van der Waals surface area contributed by atoms with E-state index in [0.29, 0.717) is 6.04 Å². The topological polar surface area (TPSA) is 41.1 Å². The zero-order valence-corrected chi connectivity index (χ0v) is 14.6. The second-order valence-electron chi connectivity index (χ2n) is 6.97. The van der Waals surface area contributed by atoms with E-state index in [4.69, 9.17) is 4.98 Å². The van der Waals surface area contributed by atoms with E-state index in [-0.39, 0.29) is 5.54 Å². The van der Waals surface area contributed by atoms with E-state index >= 15 is 0 Å². The smallest absolute Gasteiger partial charge is 0.147 e. The molecule has 1 aromatic rings. The molecule has 0 fully saturated rings. The van der Waals surface area contributed by atoms with Gasteiger partial charge in [0, 0.05) is 30.9 Å². The second kappa shape index (κ2) is 8.32. The number of rotatable bonds is 8. The second-order valence-corrected chi connectivity index (χ2v) is 6.97. The fourth-order valence-electron chi connectivity index (χ4n) is 2.14. The molecule has 1 N–H and O–H groups in total. The summed E-state index contributed by atoms with van der Waals surface area (Å²) in [7, 11) is 0. The van der Waals surface area contributed by atoms with Gasteiger partial charge in [0.15, 0.2) is 0 Å². The minimum absolute atomic E-state index is 0.0938. The van der Waals surface area contributed by atoms with Crippen molar-refractivity contribution in [1.29, 1.82) is 0 Å². The molecule has 4 nitrogen and oxygen atoms in total. The summed E-state index contributed by atoms with van der Waals surface area (Å²) in [5.41, 5.74) is 1.10. The molecule has 0 saturated heterocycles. The molecule has 0 unspecified atom stereocenters. The van der Waals surface area contributed by atoms with Crippen LogP contribution in [0.1, 0.15) is 66.5 Å². The largest absolute Gasteiger partial charge is 0.353 e. The lowest BCUT2D eigenvalue weighted by Gasteiger charge is -2.28. The number of nitrogens with one attached hydrogen (secondary N) is 1. The molecule has 0 aliphatic carbocycles. The minimum atomic E-state index is 0.0938. The number of unbranched alkanes of at least 4 members (excludes halogenated alkanes) is 2. The fraction of sp³-hybridized carbons (Fsp3) is 0.765. The van der Waals surface area contributed by atoms with Crippen LogP contribution in [0.25, 0.3) is 0 Å². The van der Waals surface area contributed by atoms with Gasteiger partial charge in [0.1, 0.15) is 5.82 Å². The van der Waals surface area contributed by atoms with E-state index in [1.54, 1.807) is 0 Å². The highest BCUT2D eigenvalue weighted by Crippen LogP contribution is 2.15. The summed E-state index contributed by atoms with van der Waals surface area (Å²) in [6, 6.07) is 0.446. The molecule has 0 aliphatic heterocycles. The van der Waals surface area contributed by atoms with Crippen molar-refractivity contribution in [3.8, 4) is 0 Å². The van der Waals surface area contributed by atoms with Crippen LogP contribution >= 0.6 is 0 Å². The Hall–Kier alpha value is -1.16. The van der Waals surface area contributed by atoms with Crippen LogP contribution in [0.2, 0.25) is 0 Å². The van der Waals surface area contributed by atoms with Crippen molar-refractivity contribution in [2.45, 2.75) is 78.9 Å². The Bertz CT molecular complexity index is 409. The van der Waals surface area contributed by atoms with Crippen LogP contribution in [-0.2, 0) is 6.54 Å². The molecule has 0 radical (unpaired) electrons. The maximum atomic E-state index is 4.78.